The number of benzene rings is 3. The van der Waals surface area contributed by atoms with Gasteiger partial charge < -0.3 is 9.47 Å². The zero-order valence-corrected chi connectivity index (χ0v) is 17.8. The van der Waals surface area contributed by atoms with Crippen LogP contribution in [0.15, 0.2) is 77.0 Å². The highest BCUT2D eigenvalue weighted by molar-refractivity contribution is 5.91. The Labute approximate surface area is 185 Å². The molecule has 166 valence electrons. The van der Waals surface area contributed by atoms with Gasteiger partial charge in [-0.3, -0.25) is 0 Å². The Morgan fingerprint density at radius 3 is 2.38 bits per heavy atom. The van der Waals surface area contributed by atoms with Crippen LogP contribution in [-0.4, -0.2) is 12.6 Å². The highest BCUT2D eigenvalue weighted by Crippen LogP contribution is 2.26. The fourth-order valence-electron chi connectivity index (χ4n) is 2.84. The van der Waals surface area contributed by atoms with E-state index in [4.69, 9.17) is 9.47 Å². The molecule has 0 spiro atoms. The van der Waals surface area contributed by atoms with Gasteiger partial charge in [-0.25, -0.2) is 13.6 Å². The van der Waals surface area contributed by atoms with E-state index in [1.165, 1.54) is 36.8 Å². The van der Waals surface area contributed by atoms with Crippen LogP contribution in [0.25, 0.3) is 0 Å². The predicted molar refractivity (Wildman–Crippen MR) is 118 cm³/mol. The predicted octanol–water partition coefficient (Wildman–Crippen LogP) is 7.56. The Balaban J connectivity index is 1.57. The standard InChI is InChI=1S/C25H24F2N2O3/c1-2-3-4-7-16-31-20-13-10-18(11-14-20)25(30)32-24-15-12-19(17-22(24)27)28-29-23-9-6-5-8-21(23)26/h5-6,8-15,17H,2-4,7,16H2,1H3. The smallest absolute Gasteiger partial charge is 0.343 e. The van der Waals surface area contributed by atoms with Crippen LogP contribution < -0.4 is 9.47 Å². The van der Waals surface area contributed by atoms with Gasteiger partial charge in [0.1, 0.15) is 11.4 Å². The Morgan fingerprint density at radius 2 is 1.66 bits per heavy atom. The molecule has 0 aromatic heterocycles. The molecular weight excluding hydrogens is 414 g/mol. The maximum atomic E-state index is 14.4. The molecule has 0 saturated carbocycles. The first-order valence-electron chi connectivity index (χ1n) is 10.5. The van der Waals surface area contributed by atoms with E-state index in [0.29, 0.717) is 12.4 Å². The van der Waals surface area contributed by atoms with Crippen molar-refractivity contribution in [2.24, 2.45) is 10.2 Å². The van der Waals surface area contributed by atoms with Crippen molar-refractivity contribution in [2.75, 3.05) is 6.61 Å². The van der Waals surface area contributed by atoms with Gasteiger partial charge in [0.25, 0.3) is 0 Å². The number of halogens is 2. The largest absolute Gasteiger partial charge is 0.494 e. The summed E-state index contributed by atoms with van der Waals surface area (Å²) >= 11 is 0. The van der Waals surface area contributed by atoms with Crippen LogP contribution in [0, 0.1) is 11.6 Å². The van der Waals surface area contributed by atoms with Gasteiger partial charge in [-0.05, 0) is 55.0 Å². The van der Waals surface area contributed by atoms with E-state index >= 15 is 0 Å². The van der Waals surface area contributed by atoms with Crippen molar-refractivity contribution < 1.29 is 23.0 Å². The minimum Gasteiger partial charge on any atom is -0.494 e. The lowest BCUT2D eigenvalue weighted by Gasteiger charge is -2.08. The maximum Gasteiger partial charge on any atom is 0.343 e. The SMILES string of the molecule is CCCCCCOc1ccc(C(=O)Oc2ccc(N=Nc3ccccc3F)cc2F)cc1. The van der Waals surface area contributed by atoms with Crippen molar-refractivity contribution in [1.82, 2.24) is 0 Å². The summed E-state index contributed by atoms with van der Waals surface area (Å²) in [7, 11) is 0. The number of nitrogens with zero attached hydrogens (tertiary/aromatic N) is 2. The summed E-state index contributed by atoms with van der Waals surface area (Å²) in [6.45, 7) is 2.77. The molecule has 0 radical (unpaired) electrons. The molecule has 0 aliphatic heterocycles. The van der Waals surface area contributed by atoms with Crippen LogP contribution in [0.2, 0.25) is 0 Å². The third-order valence-corrected chi connectivity index (χ3v) is 4.60. The molecule has 0 saturated heterocycles. The number of hydrogen-bond acceptors (Lipinski definition) is 5. The van der Waals surface area contributed by atoms with E-state index in [-0.39, 0.29) is 22.7 Å². The average molecular weight is 438 g/mol. The fraction of sp³-hybridized carbons (Fsp3) is 0.240. The highest BCUT2D eigenvalue weighted by atomic mass is 19.1. The molecule has 0 heterocycles. The molecule has 0 unspecified atom stereocenters. The van der Waals surface area contributed by atoms with Crippen molar-refractivity contribution in [3.8, 4) is 11.5 Å². The minimum atomic E-state index is -0.782. The lowest BCUT2D eigenvalue weighted by molar-refractivity contribution is 0.0728. The van der Waals surface area contributed by atoms with Crippen LogP contribution >= 0.6 is 0 Å². The highest BCUT2D eigenvalue weighted by Gasteiger charge is 2.13. The lowest BCUT2D eigenvalue weighted by atomic mass is 10.2. The average Bonchev–Trinajstić information content (AvgIpc) is 2.80. The van der Waals surface area contributed by atoms with Crippen LogP contribution in [-0.2, 0) is 0 Å². The number of carbonyl (C=O) groups excluding carboxylic acids is 1. The number of unbranched alkanes of at least 4 members (excludes halogenated alkanes) is 3. The Bertz CT molecular complexity index is 1070. The van der Waals surface area contributed by atoms with E-state index in [1.54, 1.807) is 30.3 Å². The molecule has 0 aliphatic rings. The van der Waals surface area contributed by atoms with E-state index in [9.17, 15) is 13.6 Å². The molecule has 0 N–H and O–H groups in total. The number of esters is 1. The molecule has 5 nitrogen and oxygen atoms in total. The Morgan fingerprint density at radius 1 is 0.875 bits per heavy atom. The molecule has 3 aromatic rings. The van der Waals surface area contributed by atoms with E-state index < -0.39 is 17.6 Å². The van der Waals surface area contributed by atoms with Crippen LogP contribution in [0.5, 0.6) is 11.5 Å². The molecule has 0 bridgehead atoms. The number of hydrogen-bond donors (Lipinski definition) is 0. The van der Waals surface area contributed by atoms with Crippen molar-refractivity contribution in [2.45, 2.75) is 32.6 Å². The quantitative estimate of drug-likeness (QED) is 0.142. The first kappa shape index (κ1) is 23.1. The molecule has 7 heteroatoms. The second-order valence-corrected chi connectivity index (χ2v) is 7.09. The van der Waals surface area contributed by atoms with E-state index in [1.807, 2.05) is 0 Å². The first-order chi connectivity index (χ1) is 15.6. The number of rotatable bonds is 10. The van der Waals surface area contributed by atoms with E-state index in [0.717, 1.165) is 25.3 Å². The molecular formula is C25H24F2N2O3. The molecule has 32 heavy (non-hydrogen) atoms. The molecule has 0 fully saturated rings. The monoisotopic (exact) mass is 438 g/mol. The van der Waals surface area contributed by atoms with Crippen LogP contribution in [0.1, 0.15) is 43.0 Å². The third kappa shape index (κ3) is 6.70. The van der Waals surface area contributed by atoms with Gasteiger partial charge in [0, 0.05) is 6.07 Å². The number of azo groups is 1. The zero-order chi connectivity index (χ0) is 22.8. The van der Waals surface area contributed by atoms with Gasteiger partial charge in [0.05, 0.1) is 17.9 Å². The Hall–Kier alpha value is -3.61. The third-order valence-electron chi connectivity index (χ3n) is 4.60. The van der Waals surface area contributed by atoms with Gasteiger partial charge in [0.15, 0.2) is 17.4 Å². The van der Waals surface area contributed by atoms with E-state index in [2.05, 4.69) is 17.2 Å². The summed E-state index contributed by atoms with van der Waals surface area (Å²) in [6, 6.07) is 16.1. The lowest BCUT2D eigenvalue weighted by Crippen LogP contribution is -2.09. The summed E-state index contributed by atoms with van der Waals surface area (Å²) in [5.41, 5.74) is 0.467. The van der Waals surface area contributed by atoms with Crippen LogP contribution in [0.4, 0.5) is 20.2 Å². The van der Waals surface area contributed by atoms with Gasteiger partial charge in [-0.2, -0.15) is 5.11 Å². The van der Waals surface area contributed by atoms with Gasteiger partial charge in [-0.15, -0.1) is 5.11 Å². The maximum absolute atomic E-state index is 14.4. The van der Waals surface area contributed by atoms with Gasteiger partial charge in [-0.1, -0.05) is 38.3 Å². The Kier molecular flexibility index (Phi) is 8.43. The summed E-state index contributed by atoms with van der Waals surface area (Å²) in [5, 5.41) is 7.58. The topological polar surface area (TPSA) is 60.2 Å². The summed E-state index contributed by atoms with van der Waals surface area (Å²) < 4.78 is 38.7. The van der Waals surface area contributed by atoms with Crippen LogP contribution in [0.3, 0.4) is 0 Å². The fourth-order valence-corrected chi connectivity index (χ4v) is 2.84. The minimum absolute atomic E-state index is 0.0387. The molecule has 0 amide bonds. The normalized spacial score (nSPS) is 11.0. The number of ether oxygens (including phenoxy) is 2. The second-order valence-electron chi connectivity index (χ2n) is 7.09. The van der Waals surface area contributed by atoms with Gasteiger partial charge in [0.2, 0.25) is 0 Å². The molecule has 3 aromatic carbocycles. The molecule has 0 atom stereocenters. The summed E-state index contributed by atoms with van der Waals surface area (Å²) in [4.78, 5) is 12.3. The van der Waals surface area contributed by atoms with Crippen molar-refractivity contribution in [3.63, 3.8) is 0 Å². The van der Waals surface area contributed by atoms with Crippen molar-refractivity contribution in [3.05, 3.63) is 83.9 Å². The summed E-state index contributed by atoms with van der Waals surface area (Å²) in [6.07, 6.45) is 4.44. The zero-order valence-electron chi connectivity index (χ0n) is 17.8. The second kappa shape index (κ2) is 11.7. The molecule has 3 rings (SSSR count). The van der Waals surface area contributed by atoms with Crippen molar-refractivity contribution >= 4 is 17.3 Å². The number of carbonyl (C=O) groups is 1. The summed E-state index contributed by atoms with van der Waals surface area (Å²) in [5.74, 6) is -1.59. The molecule has 0 aliphatic carbocycles. The van der Waals surface area contributed by atoms with Crippen molar-refractivity contribution in [1.29, 1.82) is 0 Å². The first-order valence-corrected chi connectivity index (χ1v) is 10.5. The van der Waals surface area contributed by atoms with Gasteiger partial charge >= 0.3 is 5.97 Å².